The van der Waals surface area contributed by atoms with Gasteiger partial charge in [-0.2, -0.15) is 0 Å². The van der Waals surface area contributed by atoms with Crippen LogP contribution in [0.2, 0.25) is 0 Å². The van der Waals surface area contributed by atoms with Crippen molar-refractivity contribution in [3.63, 3.8) is 0 Å². The lowest BCUT2D eigenvalue weighted by Crippen LogP contribution is -2.24. The quantitative estimate of drug-likeness (QED) is 0.676. The molecule has 2 heteroatoms. The van der Waals surface area contributed by atoms with Crippen LogP contribution in [0.25, 0.3) is 0 Å². The highest BCUT2D eigenvalue weighted by Crippen LogP contribution is 2.32. The summed E-state index contributed by atoms with van der Waals surface area (Å²) >= 11 is 0. The summed E-state index contributed by atoms with van der Waals surface area (Å²) in [4.78, 5) is 0. The summed E-state index contributed by atoms with van der Waals surface area (Å²) in [7, 11) is 0. The molecule has 1 atom stereocenters. The second-order valence-corrected chi connectivity index (χ2v) is 4.10. The van der Waals surface area contributed by atoms with E-state index in [-0.39, 0.29) is 6.10 Å². The number of hydrogen-bond donors (Lipinski definition) is 2. The SMILES string of the molecule is C[C@@H](O)[C@H]1CC[C@H](CCN)CC1. The lowest BCUT2D eigenvalue weighted by atomic mass is 9.78. The Morgan fingerprint density at radius 1 is 1.33 bits per heavy atom. The third kappa shape index (κ3) is 2.76. The van der Waals surface area contributed by atoms with Crippen molar-refractivity contribution in [2.75, 3.05) is 6.54 Å². The van der Waals surface area contributed by atoms with E-state index in [0.29, 0.717) is 5.92 Å². The highest BCUT2D eigenvalue weighted by Gasteiger charge is 2.23. The zero-order valence-electron chi connectivity index (χ0n) is 8.00. The standard InChI is InChI=1S/C10H21NO/c1-8(12)10-4-2-9(3-5-10)6-7-11/h8-10,12H,2-7,11H2,1H3/t8-,9-,10-/m1/s1. The van der Waals surface area contributed by atoms with Crippen LogP contribution in [0.3, 0.4) is 0 Å². The fraction of sp³-hybridized carbons (Fsp3) is 1.00. The fourth-order valence-corrected chi connectivity index (χ4v) is 2.20. The average molecular weight is 171 g/mol. The van der Waals surface area contributed by atoms with Gasteiger partial charge in [-0.1, -0.05) is 12.8 Å². The molecule has 72 valence electrons. The molecule has 1 saturated carbocycles. The molecule has 3 N–H and O–H groups in total. The third-order valence-corrected chi connectivity index (χ3v) is 3.15. The van der Waals surface area contributed by atoms with E-state index < -0.39 is 0 Å². The number of hydrogen-bond acceptors (Lipinski definition) is 2. The molecule has 0 aromatic heterocycles. The number of nitrogens with two attached hydrogens (primary N) is 1. The molecule has 0 unspecified atom stereocenters. The van der Waals surface area contributed by atoms with Gasteiger partial charge in [0.15, 0.2) is 0 Å². The topological polar surface area (TPSA) is 46.2 Å². The summed E-state index contributed by atoms with van der Waals surface area (Å²) in [5.74, 6) is 1.39. The van der Waals surface area contributed by atoms with Crippen LogP contribution in [0.1, 0.15) is 39.0 Å². The van der Waals surface area contributed by atoms with E-state index in [1.165, 1.54) is 32.1 Å². The van der Waals surface area contributed by atoms with Crippen molar-refractivity contribution in [3.05, 3.63) is 0 Å². The Kier molecular flexibility index (Phi) is 4.02. The maximum Gasteiger partial charge on any atom is 0.0540 e. The van der Waals surface area contributed by atoms with Crippen LogP contribution in [0.5, 0.6) is 0 Å². The zero-order chi connectivity index (χ0) is 8.97. The highest BCUT2D eigenvalue weighted by molar-refractivity contribution is 4.75. The summed E-state index contributed by atoms with van der Waals surface area (Å²) in [5.41, 5.74) is 5.50. The van der Waals surface area contributed by atoms with E-state index in [0.717, 1.165) is 12.5 Å². The predicted molar refractivity (Wildman–Crippen MR) is 50.8 cm³/mol. The Morgan fingerprint density at radius 3 is 2.33 bits per heavy atom. The monoisotopic (exact) mass is 171 g/mol. The molecular formula is C10H21NO. The van der Waals surface area contributed by atoms with Gasteiger partial charge in [0, 0.05) is 0 Å². The Morgan fingerprint density at radius 2 is 1.92 bits per heavy atom. The van der Waals surface area contributed by atoms with Crippen LogP contribution in [-0.4, -0.2) is 17.8 Å². The molecule has 0 aromatic carbocycles. The molecular weight excluding hydrogens is 150 g/mol. The molecule has 1 fully saturated rings. The fourth-order valence-electron chi connectivity index (χ4n) is 2.20. The summed E-state index contributed by atoms with van der Waals surface area (Å²) in [6, 6.07) is 0. The molecule has 2 nitrogen and oxygen atoms in total. The molecule has 0 amide bonds. The molecule has 0 radical (unpaired) electrons. The number of aliphatic hydroxyl groups excluding tert-OH is 1. The van der Waals surface area contributed by atoms with Gasteiger partial charge in [0.1, 0.15) is 0 Å². The first kappa shape index (κ1) is 10.0. The summed E-state index contributed by atoms with van der Waals surface area (Å²) < 4.78 is 0. The van der Waals surface area contributed by atoms with Crippen LogP contribution in [0.4, 0.5) is 0 Å². The van der Waals surface area contributed by atoms with Crippen molar-refractivity contribution < 1.29 is 5.11 Å². The first-order chi connectivity index (χ1) is 5.74. The van der Waals surface area contributed by atoms with Gasteiger partial charge in [-0.3, -0.25) is 0 Å². The summed E-state index contributed by atoms with van der Waals surface area (Å²) in [6.45, 7) is 2.73. The zero-order valence-corrected chi connectivity index (χ0v) is 8.00. The van der Waals surface area contributed by atoms with Gasteiger partial charge >= 0.3 is 0 Å². The lowest BCUT2D eigenvalue weighted by Gasteiger charge is -2.29. The molecule has 0 heterocycles. The van der Waals surface area contributed by atoms with Crippen molar-refractivity contribution in [2.24, 2.45) is 17.6 Å². The van der Waals surface area contributed by atoms with Gasteiger partial charge in [-0.15, -0.1) is 0 Å². The van der Waals surface area contributed by atoms with E-state index in [2.05, 4.69) is 0 Å². The van der Waals surface area contributed by atoms with E-state index in [9.17, 15) is 5.11 Å². The van der Waals surface area contributed by atoms with Crippen LogP contribution in [0.15, 0.2) is 0 Å². The Hall–Kier alpha value is -0.0800. The highest BCUT2D eigenvalue weighted by atomic mass is 16.3. The van der Waals surface area contributed by atoms with Crippen molar-refractivity contribution in [1.29, 1.82) is 0 Å². The van der Waals surface area contributed by atoms with Crippen LogP contribution >= 0.6 is 0 Å². The summed E-state index contributed by atoms with van der Waals surface area (Å²) in [5, 5.41) is 9.37. The van der Waals surface area contributed by atoms with Crippen molar-refractivity contribution in [2.45, 2.75) is 45.1 Å². The Balaban J connectivity index is 2.20. The molecule has 12 heavy (non-hydrogen) atoms. The van der Waals surface area contributed by atoms with Gasteiger partial charge in [-0.25, -0.2) is 0 Å². The van der Waals surface area contributed by atoms with Crippen molar-refractivity contribution in [1.82, 2.24) is 0 Å². The Bertz CT molecular complexity index is 117. The molecule has 0 spiro atoms. The van der Waals surface area contributed by atoms with Gasteiger partial charge < -0.3 is 10.8 Å². The molecule has 0 bridgehead atoms. The first-order valence-electron chi connectivity index (χ1n) is 5.12. The average Bonchev–Trinajstić information content (AvgIpc) is 2.06. The smallest absolute Gasteiger partial charge is 0.0540 e. The molecule has 0 saturated heterocycles. The molecule has 1 aliphatic carbocycles. The largest absolute Gasteiger partial charge is 0.393 e. The van der Waals surface area contributed by atoms with Gasteiger partial charge in [0.05, 0.1) is 6.10 Å². The molecule has 1 rings (SSSR count). The van der Waals surface area contributed by atoms with Crippen LogP contribution < -0.4 is 5.73 Å². The second kappa shape index (κ2) is 4.83. The summed E-state index contributed by atoms with van der Waals surface area (Å²) in [6.07, 6.45) is 6.00. The minimum Gasteiger partial charge on any atom is -0.393 e. The molecule has 1 aliphatic rings. The van der Waals surface area contributed by atoms with Crippen LogP contribution in [0, 0.1) is 11.8 Å². The maximum absolute atomic E-state index is 9.37. The number of rotatable bonds is 3. The number of aliphatic hydroxyl groups is 1. The minimum absolute atomic E-state index is 0.108. The lowest BCUT2D eigenvalue weighted by molar-refractivity contribution is 0.0876. The van der Waals surface area contributed by atoms with Gasteiger partial charge in [-0.05, 0) is 44.6 Å². The van der Waals surface area contributed by atoms with Gasteiger partial charge in [0.25, 0.3) is 0 Å². The van der Waals surface area contributed by atoms with Crippen molar-refractivity contribution in [3.8, 4) is 0 Å². The second-order valence-electron chi connectivity index (χ2n) is 4.10. The van der Waals surface area contributed by atoms with E-state index in [4.69, 9.17) is 5.73 Å². The van der Waals surface area contributed by atoms with Crippen LogP contribution in [-0.2, 0) is 0 Å². The Labute approximate surface area is 75.2 Å². The third-order valence-electron chi connectivity index (χ3n) is 3.15. The van der Waals surface area contributed by atoms with Crippen molar-refractivity contribution >= 4 is 0 Å². The predicted octanol–water partition coefficient (Wildman–Crippen LogP) is 1.52. The molecule has 0 aromatic rings. The maximum atomic E-state index is 9.37. The minimum atomic E-state index is -0.108. The molecule has 0 aliphatic heterocycles. The van der Waals surface area contributed by atoms with Gasteiger partial charge in [0.2, 0.25) is 0 Å². The van der Waals surface area contributed by atoms with E-state index >= 15 is 0 Å². The van der Waals surface area contributed by atoms with E-state index in [1.807, 2.05) is 6.92 Å². The normalized spacial score (nSPS) is 33.2. The first-order valence-corrected chi connectivity index (χ1v) is 5.12. The van der Waals surface area contributed by atoms with E-state index in [1.54, 1.807) is 0 Å².